The number of hydrogen-bond donors (Lipinski definition) is 1. The maximum atomic E-state index is 12.2. The molecule has 1 N–H and O–H groups in total. The Bertz CT molecular complexity index is 675. The third-order valence-corrected chi connectivity index (χ3v) is 5.03. The second kappa shape index (κ2) is 7.71. The smallest absolute Gasteiger partial charge is 0.317 e. The van der Waals surface area contributed by atoms with Gasteiger partial charge in [0.15, 0.2) is 0 Å². The maximum Gasteiger partial charge on any atom is 0.317 e. The summed E-state index contributed by atoms with van der Waals surface area (Å²) < 4.78 is 2.04. The van der Waals surface area contributed by atoms with Gasteiger partial charge in [0.1, 0.15) is 15.8 Å². The molecule has 2 aromatic rings. The van der Waals surface area contributed by atoms with Gasteiger partial charge in [0.2, 0.25) is 0 Å². The van der Waals surface area contributed by atoms with Gasteiger partial charge in [-0.25, -0.2) is 9.78 Å². The van der Waals surface area contributed by atoms with Gasteiger partial charge in [-0.2, -0.15) is 0 Å². The zero-order chi connectivity index (χ0) is 16.9. The number of nitrogens with zero attached hydrogens (tertiary/aromatic N) is 6. The molecule has 2 aromatic heterocycles. The average molecular weight is 349 g/mol. The standard InChI is InChI=1S/C15H23N7OS/c1-12-18-19-14(24-12)3-4-17-15(23)22-9-7-21(8-10-22)11-13-16-5-6-20(13)2/h5-6H,3-4,7-11H2,1-2H3,(H,17,23). The summed E-state index contributed by atoms with van der Waals surface area (Å²) in [7, 11) is 2.01. The van der Waals surface area contributed by atoms with Crippen molar-refractivity contribution >= 4 is 17.4 Å². The number of amides is 2. The van der Waals surface area contributed by atoms with E-state index in [2.05, 4.69) is 25.4 Å². The van der Waals surface area contributed by atoms with Gasteiger partial charge in [-0.3, -0.25) is 4.90 Å². The SMILES string of the molecule is Cc1nnc(CCNC(=O)N2CCN(Cc3nccn3C)CC2)s1. The molecular formula is C15H23N7OS. The molecule has 130 valence electrons. The minimum atomic E-state index is 0.00730. The minimum Gasteiger partial charge on any atom is -0.338 e. The highest BCUT2D eigenvalue weighted by Gasteiger charge is 2.21. The van der Waals surface area contributed by atoms with E-state index in [4.69, 9.17) is 0 Å². The summed E-state index contributed by atoms with van der Waals surface area (Å²) in [4.78, 5) is 20.8. The Balaban J connectivity index is 1.38. The van der Waals surface area contributed by atoms with Crippen LogP contribution in [0.3, 0.4) is 0 Å². The second-order valence-electron chi connectivity index (χ2n) is 5.91. The lowest BCUT2D eigenvalue weighted by atomic mass is 10.3. The molecule has 1 aliphatic heterocycles. The van der Waals surface area contributed by atoms with Crippen molar-refractivity contribution < 1.29 is 4.79 Å². The number of aryl methyl sites for hydroxylation is 2. The van der Waals surface area contributed by atoms with E-state index < -0.39 is 0 Å². The molecule has 8 nitrogen and oxygen atoms in total. The molecule has 0 spiro atoms. The predicted molar refractivity (Wildman–Crippen MR) is 91.8 cm³/mol. The van der Waals surface area contributed by atoms with Crippen LogP contribution in [0.5, 0.6) is 0 Å². The highest BCUT2D eigenvalue weighted by atomic mass is 32.1. The third-order valence-electron chi connectivity index (χ3n) is 4.13. The number of hydrogen-bond acceptors (Lipinski definition) is 6. The van der Waals surface area contributed by atoms with E-state index in [1.54, 1.807) is 11.3 Å². The van der Waals surface area contributed by atoms with Crippen molar-refractivity contribution in [3.05, 3.63) is 28.2 Å². The Kier molecular flexibility index (Phi) is 5.41. The van der Waals surface area contributed by atoms with Gasteiger partial charge in [0.05, 0.1) is 6.54 Å². The van der Waals surface area contributed by atoms with Crippen LogP contribution >= 0.6 is 11.3 Å². The molecule has 1 fully saturated rings. The summed E-state index contributed by atoms with van der Waals surface area (Å²) in [6.45, 7) is 6.59. The minimum absolute atomic E-state index is 0.00730. The van der Waals surface area contributed by atoms with Gasteiger partial charge in [-0.15, -0.1) is 21.5 Å². The van der Waals surface area contributed by atoms with Crippen molar-refractivity contribution in [3.63, 3.8) is 0 Å². The van der Waals surface area contributed by atoms with Gasteiger partial charge in [-0.1, -0.05) is 0 Å². The lowest BCUT2D eigenvalue weighted by molar-refractivity contribution is 0.133. The number of carbonyl (C=O) groups is 1. The number of piperazine rings is 1. The number of rotatable bonds is 5. The number of aromatic nitrogens is 4. The van der Waals surface area contributed by atoms with Crippen LogP contribution in [0.4, 0.5) is 4.79 Å². The molecule has 0 radical (unpaired) electrons. The molecule has 0 aromatic carbocycles. The van der Waals surface area contributed by atoms with Gasteiger partial charge in [-0.05, 0) is 6.92 Å². The van der Waals surface area contributed by atoms with Gasteiger partial charge >= 0.3 is 6.03 Å². The van der Waals surface area contributed by atoms with E-state index in [0.29, 0.717) is 6.54 Å². The topological polar surface area (TPSA) is 79.2 Å². The molecule has 0 saturated carbocycles. The molecule has 9 heteroatoms. The fraction of sp³-hybridized carbons (Fsp3) is 0.600. The van der Waals surface area contributed by atoms with Crippen LogP contribution in [-0.2, 0) is 20.0 Å². The van der Waals surface area contributed by atoms with Gasteiger partial charge < -0.3 is 14.8 Å². The van der Waals surface area contributed by atoms with Crippen molar-refractivity contribution in [1.29, 1.82) is 0 Å². The van der Waals surface area contributed by atoms with E-state index >= 15 is 0 Å². The third kappa shape index (κ3) is 4.30. The Labute approximate surface area is 145 Å². The molecule has 0 aliphatic carbocycles. The first-order valence-corrected chi connectivity index (χ1v) is 8.94. The van der Waals surface area contributed by atoms with Crippen LogP contribution in [0.25, 0.3) is 0 Å². The molecule has 0 bridgehead atoms. The summed E-state index contributed by atoms with van der Waals surface area (Å²) >= 11 is 1.58. The molecule has 0 unspecified atom stereocenters. The lowest BCUT2D eigenvalue weighted by Gasteiger charge is -2.34. The largest absolute Gasteiger partial charge is 0.338 e. The fourth-order valence-electron chi connectivity index (χ4n) is 2.68. The van der Waals surface area contributed by atoms with Crippen molar-refractivity contribution in [2.45, 2.75) is 19.9 Å². The zero-order valence-corrected chi connectivity index (χ0v) is 14.9. The van der Waals surface area contributed by atoms with Crippen LogP contribution in [0, 0.1) is 6.92 Å². The van der Waals surface area contributed by atoms with E-state index in [0.717, 1.165) is 55.0 Å². The Morgan fingerprint density at radius 2 is 2.08 bits per heavy atom. The molecule has 2 amide bonds. The predicted octanol–water partition coefficient (Wildman–Crippen LogP) is 0.650. The monoisotopic (exact) mass is 349 g/mol. The molecule has 24 heavy (non-hydrogen) atoms. The van der Waals surface area contributed by atoms with Crippen LogP contribution in [0.1, 0.15) is 15.8 Å². The normalized spacial score (nSPS) is 15.7. The van der Waals surface area contributed by atoms with Crippen LogP contribution in [0.2, 0.25) is 0 Å². The number of urea groups is 1. The number of imidazole rings is 1. The van der Waals surface area contributed by atoms with Crippen molar-refractivity contribution in [3.8, 4) is 0 Å². The maximum absolute atomic E-state index is 12.2. The Morgan fingerprint density at radius 1 is 1.29 bits per heavy atom. The first-order valence-electron chi connectivity index (χ1n) is 8.12. The fourth-order valence-corrected chi connectivity index (χ4v) is 3.39. The highest BCUT2D eigenvalue weighted by Crippen LogP contribution is 2.09. The molecule has 0 atom stereocenters. The Morgan fingerprint density at radius 3 is 2.71 bits per heavy atom. The van der Waals surface area contributed by atoms with E-state index in [9.17, 15) is 4.79 Å². The highest BCUT2D eigenvalue weighted by molar-refractivity contribution is 7.11. The summed E-state index contributed by atoms with van der Waals surface area (Å²) in [5, 5.41) is 12.9. The Hall–Kier alpha value is -2.00. The quantitative estimate of drug-likeness (QED) is 0.857. The molecule has 1 saturated heterocycles. The first kappa shape index (κ1) is 16.8. The van der Waals surface area contributed by atoms with Crippen molar-refractivity contribution in [1.82, 2.24) is 34.9 Å². The summed E-state index contributed by atoms with van der Waals surface area (Å²) in [6.07, 6.45) is 4.51. The van der Waals surface area contributed by atoms with E-state index in [1.807, 2.05) is 35.8 Å². The summed E-state index contributed by atoms with van der Waals surface area (Å²) in [6, 6.07) is 0.00730. The van der Waals surface area contributed by atoms with Crippen LogP contribution < -0.4 is 5.32 Å². The lowest BCUT2D eigenvalue weighted by Crippen LogP contribution is -2.51. The van der Waals surface area contributed by atoms with Gasteiger partial charge in [0.25, 0.3) is 0 Å². The molecular weight excluding hydrogens is 326 g/mol. The van der Waals surface area contributed by atoms with Crippen LogP contribution in [-0.4, -0.2) is 68.3 Å². The number of carbonyl (C=O) groups excluding carboxylic acids is 1. The molecule has 3 heterocycles. The van der Waals surface area contributed by atoms with Crippen molar-refractivity contribution in [2.75, 3.05) is 32.7 Å². The number of nitrogens with one attached hydrogen (secondary N) is 1. The van der Waals surface area contributed by atoms with Crippen molar-refractivity contribution in [2.24, 2.45) is 7.05 Å². The zero-order valence-electron chi connectivity index (χ0n) is 14.1. The van der Waals surface area contributed by atoms with Gasteiger partial charge in [0, 0.05) is 58.6 Å². The van der Waals surface area contributed by atoms with E-state index in [-0.39, 0.29) is 6.03 Å². The van der Waals surface area contributed by atoms with Crippen LogP contribution in [0.15, 0.2) is 12.4 Å². The molecule has 1 aliphatic rings. The average Bonchev–Trinajstić information content (AvgIpc) is 3.17. The summed E-state index contributed by atoms with van der Waals surface area (Å²) in [5.41, 5.74) is 0. The van der Waals surface area contributed by atoms with E-state index in [1.165, 1.54) is 0 Å². The summed E-state index contributed by atoms with van der Waals surface area (Å²) in [5.74, 6) is 1.06. The second-order valence-corrected chi connectivity index (χ2v) is 7.18. The molecule has 3 rings (SSSR count). The first-order chi connectivity index (χ1) is 11.6.